The summed E-state index contributed by atoms with van der Waals surface area (Å²) >= 11 is 0. The predicted octanol–water partition coefficient (Wildman–Crippen LogP) is 11.8. The number of nitriles is 2. The molecular weight excluding hydrogens is 585 g/mol. The lowest BCUT2D eigenvalue weighted by Crippen LogP contribution is -2.11. The van der Waals surface area contributed by atoms with Crippen LogP contribution in [0.15, 0.2) is 152 Å². The second-order valence-corrected chi connectivity index (χ2v) is 11.8. The number of nitrogens with zero attached hydrogens (tertiary/aromatic N) is 3. The molecule has 8 aromatic rings. The maximum Gasteiger partial charge on any atom is 0.0992 e. The monoisotopic (exact) mass is 616 g/mol. The van der Waals surface area contributed by atoms with Crippen molar-refractivity contribution in [3.8, 4) is 12.1 Å². The van der Waals surface area contributed by atoms with Gasteiger partial charge < -0.3 is 10.2 Å². The largest absolute Gasteiger partial charge is 0.355 e. The van der Waals surface area contributed by atoms with Gasteiger partial charge in [0, 0.05) is 33.5 Å². The minimum atomic E-state index is 0.620. The number of benzene rings is 8. The van der Waals surface area contributed by atoms with E-state index in [-0.39, 0.29) is 0 Å². The molecule has 0 spiro atoms. The molecule has 0 bridgehead atoms. The minimum Gasteiger partial charge on any atom is -0.355 e. The van der Waals surface area contributed by atoms with Crippen molar-refractivity contribution in [1.29, 1.82) is 10.5 Å². The Morgan fingerprint density at radius 2 is 1.00 bits per heavy atom. The van der Waals surface area contributed by atoms with Gasteiger partial charge in [-0.2, -0.15) is 10.5 Å². The Kier molecular flexibility index (Phi) is 8.15. The first-order valence-corrected chi connectivity index (χ1v) is 15.9. The van der Waals surface area contributed by atoms with E-state index in [9.17, 15) is 10.5 Å². The zero-order chi connectivity index (χ0) is 33.0. The molecule has 0 heterocycles. The fraction of sp³-hybridized carbons (Fsp3) is 0.0455. The van der Waals surface area contributed by atoms with Crippen LogP contribution in [0, 0.1) is 36.5 Å². The molecule has 4 nitrogen and oxygen atoms in total. The van der Waals surface area contributed by atoms with Crippen LogP contribution in [-0.2, 0) is 0 Å². The highest BCUT2D eigenvalue weighted by Gasteiger charge is 2.21. The Morgan fingerprint density at radius 1 is 0.479 bits per heavy atom. The van der Waals surface area contributed by atoms with Crippen molar-refractivity contribution in [2.75, 3.05) is 10.2 Å². The molecule has 0 amide bonds. The van der Waals surface area contributed by atoms with Crippen LogP contribution in [0.1, 0.15) is 22.3 Å². The lowest BCUT2D eigenvalue weighted by atomic mass is 9.88. The van der Waals surface area contributed by atoms with Crippen LogP contribution in [0.5, 0.6) is 0 Å². The number of para-hydroxylation sites is 1. The van der Waals surface area contributed by atoms with Crippen LogP contribution >= 0.6 is 0 Å². The third kappa shape index (κ3) is 5.64. The molecule has 0 unspecified atom stereocenters. The van der Waals surface area contributed by atoms with Crippen LogP contribution in [0.25, 0.3) is 32.3 Å². The number of hydrogen-bond acceptors (Lipinski definition) is 4. The zero-order valence-electron chi connectivity index (χ0n) is 26.8. The smallest absolute Gasteiger partial charge is 0.0992 e. The first kappa shape index (κ1) is 30.1. The fourth-order valence-corrected chi connectivity index (χ4v) is 6.54. The molecule has 0 fully saturated rings. The van der Waals surface area contributed by atoms with Gasteiger partial charge in [0.05, 0.1) is 29.0 Å². The van der Waals surface area contributed by atoms with Gasteiger partial charge in [-0.3, -0.25) is 0 Å². The molecule has 4 heteroatoms. The maximum atomic E-state index is 9.68. The molecule has 48 heavy (non-hydrogen) atoms. The molecule has 0 atom stereocenters. The lowest BCUT2D eigenvalue weighted by molar-refractivity contribution is 1.29. The number of hydrogen-bond donors (Lipinski definition) is 1. The van der Waals surface area contributed by atoms with E-state index >= 15 is 0 Å². The molecule has 0 aliphatic heterocycles. The second kappa shape index (κ2) is 13.0. The van der Waals surface area contributed by atoms with Gasteiger partial charge in [0.2, 0.25) is 0 Å². The van der Waals surface area contributed by atoms with Gasteiger partial charge in [0.15, 0.2) is 0 Å². The third-order valence-corrected chi connectivity index (χ3v) is 8.72. The molecule has 0 saturated heterocycles. The highest BCUT2D eigenvalue weighted by molar-refractivity contribution is 6.29. The van der Waals surface area contributed by atoms with Gasteiger partial charge in [0.25, 0.3) is 0 Å². The maximum absolute atomic E-state index is 9.68. The van der Waals surface area contributed by atoms with E-state index in [0.717, 1.165) is 39.2 Å². The predicted molar refractivity (Wildman–Crippen MR) is 200 cm³/mol. The number of aryl methyl sites for hydroxylation is 2. The fourth-order valence-electron chi connectivity index (χ4n) is 6.54. The van der Waals surface area contributed by atoms with E-state index in [0.29, 0.717) is 11.1 Å². The first-order valence-electron chi connectivity index (χ1n) is 15.9. The van der Waals surface area contributed by atoms with Crippen LogP contribution in [0.3, 0.4) is 0 Å². The van der Waals surface area contributed by atoms with Gasteiger partial charge in [-0.05, 0) is 107 Å². The minimum absolute atomic E-state index is 0.620. The molecule has 0 saturated carbocycles. The van der Waals surface area contributed by atoms with Gasteiger partial charge in [-0.1, -0.05) is 91.0 Å². The van der Waals surface area contributed by atoms with Gasteiger partial charge in [-0.15, -0.1) is 0 Å². The summed E-state index contributed by atoms with van der Waals surface area (Å²) in [6.07, 6.45) is 0. The van der Waals surface area contributed by atoms with Crippen molar-refractivity contribution >= 4 is 60.8 Å². The van der Waals surface area contributed by atoms with E-state index in [1.165, 1.54) is 32.7 Å². The van der Waals surface area contributed by atoms with E-state index < -0.39 is 0 Å². The van der Waals surface area contributed by atoms with Crippen molar-refractivity contribution < 1.29 is 0 Å². The Labute approximate surface area is 280 Å². The average molecular weight is 617 g/mol. The SMILES string of the molecule is Cc1cc(Nc2cccc(C#N)c2)c2ccc3c(C)cc(N(c4ccccc4)c4cccc(C#N)c4)c4ccc1c2c34.c1ccccc1. The normalized spacial score (nSPS) is 10.7. The van der Waals surface area contributed by atoms with Crippen molar-refractivity contribution in [1.82, 2.24) is 0 Å². The topological polar surface area (TPSA) is 62.9 Å². The van der Waals surface area contributed by atoms with Gasteiger partial charge >= 0.3 is 0 Å². The van der Waals surface area contributed by atoms with Gasteiger partial charge in [-0.25, -0.2) is 0 Å². The van der Waals surface area contributed by atoms with Crippen molar-refractivity contribution in [3.05, 3.63) is 174 Å². The van der Waals surface area contributed by atoms with Crippen molar-refractivity contribution in [3.63, 3.8) is 0 Å². The molecule has 8 rings (SSSR count). The van der Waals surface area contributed by atoms with E-state index in [4.69, 9.17) is 0 Å². The molecule has 0 aromatic heterocycles. The molecule has 0 aliphatic carbocycles. The Hall–Kier alpha value is -6.62. The number of anilines is 5. The van der Waals surface area contributed by atoms with Crippen LogP contribution < -0.4 is 10.2 Å². The molecule has 228 valence electrons. The second-order valence-electron chi connectivity index (χ2n) is 11.8. The quantitative estimate of drug-likeness (QED) is 0.195. The Bertz CT molecular complexity index is 2440. The van der Waals surface area contributed by atoms with Crippen LogP contribution in [-0.4, -0.2) is 0 Å². The van der Waals surface area contributed by atoms with E-state index in [2.05, 4.69) is 90.8 Å². The van der Waals surface area contributed by atoms with Crippen LogP contribution in [0.4, 0.5) is 28.4 Å². The van der Waals surface area contributed by atoms with E-state index in [1.54, 1.807) is 0 Å². The van der Waals surface area contributed by atoms with Crippen molar-refractivity contribution in [2.45, 2.75) is 13.8 Å². The van der Waals surface area contributed by atoms with E-state index in [1.807, 2.05) is 97.1 Å². The van der Waals surface area contributed by atoms with Gasteiger partial charge in [0.1, 0.15) is 0 Å². The highest BCUT2D eigenvalue weighted by Crippen LogP contribution is 2.47. The first-order chi connectivity index (χ1) is 23.6. The Morgan fingerprint density at radius 3 is 1.67 bits per heavy atom. The summed E-state index contributed by atoms with van der Waals surface area (Å²) in [5.41, 5.74) is 8.52. The summed E-state index contributed by atoms with van der Waals surface area (Å²) in [5.74, 6) is 0. The third-order valence-electron chi connectivity index (χ3n) is 8.72. The standard InChI is InChI=1S/C38H26N4.C6H6/c1-24-18-35(41-28-10-6-8-26(20-28)22-39)33-16-14-32-25(2)19-36(34-17-15-31(24)37(33)38(32)34)42(29-11-4-3-5-12-29)30-13-7-9-27(21-30)23-40;1-2-4-6-5-3-1/h3-21,41H,1-2H3;1-6H. The summed E-state index contributed by atoms with van der Waals surface area (Å²) in [4.78, 5) is 2.25. The Balaban J connectivity index is 0.000000550. The molecule has 1 N–H and O–H groups in total. The molecule has 8 aromatic carbocycles. The summed E-state index contributed by atoms with van der Waals surface area (Å²) in [6.45, 7) is 4.32. The summed E-state index contributed by atoms with van der Waals surface area (Å²) in [6, 6.07) is 55.6. The zero-order valence-corrected chi connectivity index (χ0v) is 26.8. The molecule has 0 radical (unpaired) electrons. The number of rotatable bonds is 5. The average Bonchev–Trinajstić information content (AvgIpc) is 3.14. The summed E-state index contributed by atoms with van der Waals surface area (Å²) < 4.78 is 0. The lowest BCUT2D eigenvalue weighted by Gasteiger charge is -2.29. The summed E-state index contributed by atoms with van der Waals surface area (Å²) in [5, 5.41) is 29.8. The highest BCUT2D eigenvalue weighted by atomic mass is 15.1. The van der Waals surface area contributed by atoms with Crippen LogP contribution in [0.2, 0.25) is 0 Å². The molecule has 0 aliphatic rings. The number of nitrogens with one attached hydrogen (secondary N) is 1. The summed E-state index contributed by atoms with van der Waals surface area (Å²) in [7, 11) is 0. The molecular formula is C44H32N4. The van der Waals surface area contributed by atoms with Crippen molar-refractivity contribution in [2.24, 2.45) is 0 Å².